The number of imidazole rings is 1. The molecule has 3 N–H and O–H groups in total. The van der Waals surface area contributed by atoms with E-state index in [0.717, 1.165) is 5.65 Å². The number of carboxylic acids is 1. The number of carbonyl (C=O) groups excluding carboxylic acids is 1. The number of hydrogen-bond acceptors (Lipinski definition) is 5. The molecule has 1 saturated heterocycles. The van der Waals surface area contributed by atoms with Crippen molar-refractivity contribution in [2.24, 2.45) is 5.73 Å². The Bertz CT molecular complexity index is 861. The fourth-order valence-corrected chi connectivity index (χ4v) is 4.26. The van der Waals surface area contributed by atoms with Gasteiger partial charge in [-0.05, 0) is 6.07 Å². The van der Waals surface area contributed by atoms with Gasteiger partial charge in [0.1, 0.15) is 29.9 Å². The topological polar surface area (TPSA) is 105 Å². The molecule has 8 nitrogen and oxygen atoms in total. The SMILES string of the molecule is N[C@H]1C(=O)N2C(C(=O)O)=C(C[n+]3ccn4ncccc43)CS[C@H]12. The Morgan fingerprint density at radius 1 is 1.57 bits per heavy atom. The van der Waals surface area contributed by atoms with Crippen LogP contribution in [0, 0.1) is 0 Å². The molecule has 23 heavy (non-hydrogen) atoms. The fraction of sp³-hybridized carbons (Fsp3) is 0.286. The van der Waals surface area contributed by atoms with E-state index in [1.165, 1.54) is 16.7 Å². The van der Waals surface area contributed by atoms with Crippen molar-refractivity contribution in [2.45, 2.75) is 18.0 Å². The minimum atomic E-state index is -1.09. The first-order valence-corrected chi connectivity index (χ1v) is 8.10. The van der Waals surface area contributed by atoms with Gasteiger partial charge in [0.05, 0.1) is 6.20 Å². The summed E-state index contributed by atoms with van der Waals surface area (Å²) in [6.07, 6.45) is 5.33. The molecule has 2 aliphatic heterocycles. The summed E-state index contributed by atoms with van der Waals surface area (Å²) in [7, 11) is 0. The van der Waals surface area contributed by atoms with E-state index in [2.05, 4.69) is 5.10 Å². The second-order valence-corrected chi connectivity index (χ2v) is 6.55. The summed E-state index contributed by atoms with van der Waals surface area (Å²) in [6.45, 7) is 0.391. The normalized spacial score (nSPS) is 23.9. The van der Waals surface area contributed by atoms with E-state index in [1.54, 1.807) is 16.9 Å². The molecule has 0 bridgehead atoms. The maximum atomic E-state index is 11.9. The molecular weight excluding hydrogens is 318 g/mol. The molecule has 4 rings (SSSR count). The first-order chi connectivity index (χ1) is 11.1. The van der Waals surface area contributed by atoms with Crippen LogP contribution in [0.4, 0.5) is 0 Å². The van der Waals surface area contributed by atoms with Crippen molar-refractivity contribution >= 4 is 29.3 Å². The molecule has 0 aromatic carbocycles. The summed E-state index contributed by atoms with van der Waals surface area (Å²) in [4.78, 5) is 24.9. The van der Waals surface area contributed by atoms with Gasteiger partial charge in [0, 0.05) is 17.4 Å². The number of fused-ring (bicyclic) bond motifs is 2. The number of β-lactam (4-membered cyclic amide) rings is 1. The summed E-state index contributed by atoms with van der Waals surface area (Å²) in [5.74, 6) is -0.882. The van der Waals surface area contributed by atoms with Gasteiger partial charge in [-0.15, -0.1) is 16.3 Å². The second kappa shape index (κ2) is 5.07. The number of amides is 1. The van der Waals surface area contributed by atoms with Gasteiger partial charge in [-0.25, -0.2) is 9.36 Å². The Morgan fingerprint density at radius 3 is 3.17 bits per heavy atom. The minimum absolute atomic E-state index is 0.0659. The first kappa shape index (κ1) is 14.2. The number of hydrogen-bond donors (Lipinski definition) is 2. The average Bonchev–Trinajstić information content (AvgIpc) is 2.96. The van der Waals surface area contributed by atoms with E-state index in [4.69, 9.17) is 5.73 Å². The third-order valence-electron chi connectivity index (χ3n) is 4.09. The zero-order chi connectivity index (χ0) is 16.1. The van der Waals surface area contributed by atoms with Gasteiger partial charge in [-0.2, -0.15) is 0 Å². The van der Waals surface area contributed by atoms with Crippen molar-refractivity contribution in [3.8, 4) is 0 Å². The van der Waals surface area contributed by atoms with Crippen molar-refractivity contribution in [3.63, 3.8) is 0 Å². The molecule has 2 aromatic heterocycles. The number of aromatic nitrogens is 3. The highest BCUT2D eigenvalue weighted by atomic mass is 32.2. The summed E-state index contributed by atoms with van der Waals surface area (Å²) >= 11 is 1.50. The van der Waals surface area contributed by atoms with Crippen LogP contribution in [0.15, 0.2) is 42.0 Å². The number of nitrogens with two attached hydrogens (primary N) is 1. The van der Waals surface area contributed by atoms with Crippen LogP contribution in [0.2, 0.25) is 0 Å². The van der Waals surface area contributed by atoms with Gasteiger partial charge in [-0.1, -0.05) is 5.10 Å². The van der Waals surface area contributed by atoms with Crippen LogP contribution >= 0.6 is 11.8 Å². The van der Waals surface area contributed by atoms with Crippen molar-refractivity contribution < 1.29 is 19.3 Å². The highest BCUT2D eigenvalue weighted by Gasteiger charge is 2.51. The van der Waals surface area contributed by atoms with E-state index >= 15 is 0 Å². The summed E-state index contributed by atoms with van der Waals surface area (Å²) in [6, 6.07) is 3.11. The van der Waals surface area contributed by atoms with Crippen LogP contribution in [0.1, 0.15) is 0 Å². The number of nitrogens with zero attached hydrogens (tertiary/aromatic N) is 4. The molecule has 1 amide bonds. The number of carboxylic acid groups (broad SMARTS) is 1. The number of thioether (sulfide) groups is 1. The molecule has 0 radical (unpaired) electrons. The Balaban J connectivity index is 1.74. The van der Waals surface area contributed by atoms with Crippen LogP contribution in [0.3, 0.4) is 0 Å². The highest BCUT2D eigenvalue weighted by Crippen LogP contribution is 2.39. The third kappa shape index (κ3) is 2.04. The molecule has 2 atom stereocenters. The number of carbonyl (C=O) groups is 2. The molecule has 9 heteroatoms. The fourth-order valence-electron chi connectivity index (χ4n) is 2.98. The van der Waals surface area contributed by atoms with Crippen LogP contribution in [0.25, 0.3) is 5.65 Å². The summed E-state index contributed by atoms with van der Waals surface area (Å²) < 4.78 is 3.63. The molecule has 118 valence electrons. The summed E-state index contributed by atoms with van der Waals surface area (Å²) in [5, 5.41) is 13.5. The summed E-state index contributed by atoms with van der Waals surface area (Å²) in [5.41, 5.74) is 7.36. The minimum Gasteiger partial charge on any atom is -0.477 e. The monoisotopic (exact) mass is 332 g/mol. The lowest BCUT2D eigenvalue weighted by atomic mass is 10.0. The van der Waals surface area contributed by atoms with Gasteiger partial charge in [0.25, 0.3) is 0 Å². The van der Waals surface area contributed by atoms with Crippen LogP contribution < -0.4 is 10.3 Å². The van der Waals surface area contributed by atoms with Crippen molar-refractivity contribution in [2.75, 3.05) is 5.75 Å². The molecule has 0 spiro atoms. The van der Waals surface area contributed by atoms with E-state index in [-0.39, 0.29) is 17.0 Å². The second-order valence-electron chi connectivity index (χ2n) is 5.45. The first-order valence-electron chi connectivity index (χ1n) is 7.05. The molecule has 2 aromatic rings. The maximum Gasteiger partial charge on any atom is 0.352 e. The number of aliphatic carboxylic acids is 1. The lowest BCUT2D eigenvalue weighted by molar-refractivity contribution is -0.662. The molecular formula is C14H14N5O3S+. The van der Waals surface area contributed by atoms with Crippen LogP contribution in [-0.4, -0.2) is 48.7 Å². The van der Waals surface area contributed by atoms with Crippen LogP contribution in [-0.2, 0) is 16.1 Å². The Morgan fingerprint density at radius 2 is 2.39 bits per heavy atom. The van der Waals surface area contributed by atoms with Crippen molar-refractivity contribution in [1.29, 1.82) is 0 Å². The van der Waals surface area contributed by atoms with E-state index in [1.807, 2.05) is 22.9 Å². The predicted octanol–water partition coefficient (Wildman–Crippen LogP) is -0.797. The van der Waals surface area contributed by atoms with Gasteiger partial charge < -0.3 is 10.8 Å². The zero-order valence-electron chi connectivity index (χ0n) is 12.0. The highest BCUT2D eigenvalue weighted by molar-refractivity contribution is 8.00. The Kier molecular flexibility index (Phi) is 3.13. The zero-order valence-corrected chi connectivity index (χ0v) is 12.8. The van der Waals surface area contributed by atoms with Crippen molar-refractivity contribution in [1.82, 2.24) is 14.5 Å². The predicted molar refractivity (Wildman–Crippen MR) is 81.1 cm³/mol. The quantitative estimate of drug-likeness (QED) is 0.563. The molecule has 1 fully saturated rings. The van der Waals surface area contributed by atoms with Gasteiger partial charge in [-0.3, -0.25) is 9.69 Å². The lowest BCUT2D eigenvalue weighted by Gasteiger charge is -2.47. The van der Waals surface area contributed by atoms with E-state index in [9.17, 15) is 14.7 Å². The molecule has 2 aliphatic rings. The third-order valence-corrected chi connectivity index (χ3v) is 5.45. The molecule has 4 heterocycles. The Hall–Kier alpha value is -2.39. The van der Waals surface area contributed by atoms with Crippen molar-refractivity contribution in [3.05, 3.63) is 42.0 Å². The maximum absolute atomic E-state index is 11.9. The Labute approximate surface area is 135 Å². The standard InChI is InChI=1S/C14H13N5O3S/c15-10-12(20)19-11(14(21)22)8(7-23-13(10)19)6-17-4-5-18-9(17)2-1-3-16-18/h1-5,10,13H,6-7,15H2/p+1/t10-,13+/m0/s1. The van der Waals surface area contributed by atoms with E-state index < -0.39 is 12.0 Å². The van der Waals surface area contributed by atoms with Gasteiger partial charge in [0.2, 0.25) is 5.91 Å². The van der Waals surface area contributed by atoms with Gasteiger partial charge in [0.15, 0.2) is 6.20 Å². The molecule has 0 aliphatic carbocycles. The van der Waals surface area contributed by atoms with Crippen LogP contribution in [0.5, 0.6) is 0 Å². The average molecular weight is 332 g/mol. The van der Waals surface area contributed by atoms with Gasteiger partial charge >= 0.3 is 11.6 Å². The largest absolute Gasteiger partial charge is 0.477 e. The molecule has 0 saturated carbocycles. The van der Waals surface area contributed by atoms with E-state index in [0.29, 0.717) is 17.9 Å². The molecule has 0 unspecified atom stereocenters. The smallest absolute Gasteiger partial charge is 0.352 e. The number of rotatable bonds is 3. The lowest BCUT2D eigenvalue weighted by Crippen LogP contribution is -2.68.